The van der Waals surface area contributed by atoms with E-state index in [-0.39, 0.29) is 17.7 Å². The van der Waals surface area contributed by atoms with E-state index in [2.05, 4.69) is 15.7 Å². The van der Waals surface area contributed by atoms with E-state index in [1.807, 2.05) is 49.5 Å². The fraction of sp³-hybridized carbons (Fsp3) is 0.190. The van der Waals surface area contributed by atoms with E-state index in [4.69, 9.17) is 0 Å². The maximum absolute atomic E-state index is 12.4. The molecule has 0 unspecified atom stereocenters. The number of nitrogens with zero attached hydrogens (tertiary/aromatic N) is 2. The predicted octanol–water partition coefficient (Wildman–Crippen LogP) is 3.34. The van der Waals surface area contributed by atoms with Crippen molar-refractivity contribution in [1.29, 1.82) is 0 Å². The summed E-state index contributed by atoms with van der Waals surface area (Å²) in [5.41, 5.74) is 2.24. The van der Waals surface area contributed by atoms with Gasteiger partial charge in [-0.05, 0) is 29.8 Å². The zero-order chi connectivity index (χ0) is 19.1. The number of rotatable bonds is 7. The van der Waals surface area contributed by atoms with Crippen molar-refractivity contribution in [2.75, 3.05) is 10.6 Å². The zero-order valence-electron chi connectivity index (χ0n) is 15.1. The first kappa shape index (κ1) is 18.4. The van der Waals surface area contributed by atoms with Gasteiger partial charge in [-0.3, -0.25) is 14.3 Å². The van der Waals surface area contributed by atoms with E-state index in [1.165, 1.54) is 0 Å². The molecule has 3 rings (SSSR count). The van der Waals surface area contributed by atoms with Gasteiger partial charge in [0.1, 0.15) is 0 Å². The molecule has 138 valence electrons. The summed E-state index contributed by atoms with van der Waals surface area (Å²) >= 11 is 0. The van der Waals surface area contributed by atoms with Crippen LogP contribution >= 0.6 is 0 Å². The van der Waals surface area contributed by atoms with Gasteiger partial charge in [0.05, 0.1) is 18.9 Å². The number of benzene rings is 2. The van der Waals surface area contributed by atoms with Crippen LogP contribution in [0.1, 0.15) is 12.5 Å². The summed E-state index contributed by atoms with van der Waals surface area (Å²) in [5.74, 6) is -0.434. The lowest BCUT2D eigenvalue weighted by Gasteiger charge is -2.13. The van der Waals surface area contributed by atoms with Crippen LogP contribution in [-0.4, -0.2) is 21.6 Å². The molecule has 0 aliphatic carbocycles. The van der Waals surface area contributed by atoms with Crippen LogP contribution in [0.15, 0.2) is 73.1 Å². The molecular weight excluding hydrogens is 340 g/mol. The van der Waals surface area contributed by atoms with Crippen LogP contribution in [0.25, 0.3) is 0 Å². The van der Waals surface area contributed by atoms with Gasteiger partial charge in [-0.1, -0.05) is 43.3 Å². The van der Waals surface area contributed by atoms with Crippen LogP contribution in [-0.2, 0) is 22.6 Å². The molecule has 0 aliphatic rings. The molecule has 1 aromatic heterocycles. The molecule has 0 fully saturated rings. The Morgan fingerprint density at radius 2 is 1.74 bits per heavy atom. The molecule has 27 heavy (non-hydrogen) atoms. The Balaban J connectivity index is 1.56. The van der Waals surface area contributed by atoms with Gasteiger partial charge in [-0.2, -0.15) is 5.10 Å². The number of hydrogen-bond acceptors (Lipinski definition) is 3. The van der Waals surface area contributed by atoms with Gasteiger partial charge in [-0.25, -0.2) is 0 Å². The van der Waals surface area contributed by atoms with Crippen molar-refractivity contribution in [2.45, 2.75) is 19.9 Å². The lowest BCUT2D eigenvalue weighted by molar-refractivity contribution is -0.119. The molecule has 0 bridgehead atoms. The smallest absolute Gasteiger partial charge is 0.229 e. The number of amides is 2. The summed E-state index contributed by atoms with van der Waals surface area (Å²) < 4.78 is 1.73. The summed E-state index contributed by atoms with van der Waals surface area (Å²) in [7, 11) is 0. The maximum atomic E-state index is 12.4. The number of anilines is 2. The molecule has 0 radical (unpaired) electrons. The highest BCUT2D eigenvalue weighted by Crippen LogP contribution is 2.17. The SMILES string of the molecule is C[C@@H](Cn1cccn1)C(=O)Nc1cccc(NC(=O)Cc2ccccc2)c1. The van der Waals surface area contributed by atoms with Crippen LogP contribution in [0.3, 0.4) is 0 Å². The molecule has 2 aromatic carbocycles. The van der Waals surface area contributed by atoms with Crippen molar-refractivity contribution >= 4 is 23.2 Å². The second-order valence-corrected chi connectivity index (χ2v) is 6.41. The van der Waals surface area contributed by atoms with E-state index >= 15 is 0 Å². The summed E-state index contributed by atoms with van der Waals surface area (Å²) in [6.07, 6.45) is 3.82. The molecule has 0 saturated carbocycles. The topological polar surface area (TPSA) is 76.0 Å². The van der Waals surface area contributed by atoms with Gasteiger partial charge >= 0.3 is 0 Å². The highest BCUT2D eigenvalue weighted by atomic mass is 16.2. The van der Waals surface area contributed by atoms with Crippen LogP contribution in [0.4, 0.5) is 11.4 Å². The first-order valence-electron chi connectivity index (χ1n) is 8.82. The van der Waals surface area contributed by atoms with E-state index in [1.54, 1.807) is 35.1 Å². The van der Waals surface area contributed by atoms with Crippen LogP contribution < -0.4 is 10.6 Å². The van der Waals surface area contributed by atoms with Gasteiger partial charge in [0, 0.05) is 23.8 Å². The normalized spacial score (nSPS) is 11.6. The Morgan fingerprint density at radius 1 is 1.00 bits per heavy atom. The maximum Gasteiger partial charge on any atom is 0.229 e. The van der Waals surface area contributed by atoms with E-state index < -0.39 is 0 Å². The van der Waals surface area contributed by atoms with Crippen molar-refractivity contribution in [3.8, 4) is 0 Å². The van der Waals surface area contributed by atoms with Crippen molar-refractivity contribution < 1.29 is 9.59 Å². The van der Waals surface area contributed by atoms with Crippen LogP contribution in [0.5, 0.6) is 0 Å². The molecule has 0 aliphatic heterocycles. The first-order chi connectivity index (χ1) is 13.1. The minimum atomic E-state index is -0.235. The molecule has 2 N–H and O–H groups in total. The quantitative estimate of drug-likeness (QED) is 0.677. The third-order valence-electron chi connectivity index (χ3n) is 4.09. The molecule has 3 aromatic rings. The van der Waals surface area contributed by atoms with E-state index in [0.717, 1.165) is 5.56 Å². The molecule has 0 saturated heterocycles. The average molecular weight is 362 g/mol. The Morgan fingerprint density at radius 3 is 2.44 bits per heavy atom. The number of aromatic nitrogens is 2. The monoisotopic (exact) mass is 362 g/mol. The standard InChI is InChI=1S/C21H22N4O2/c1-16(15-25-12-6-11-22-25)21(27)24-19-10-5-9-18(14-19)23-20(26)13-17-7-3-2-4-8-17/h2-12,14,16H,13,15H2,1H3,(H,23,26)(H,24,27)/t16-/m0/s1. The molecule has 6 nitrogen and oxygen atoms in total. The number of carbonyl (C=O) groups is 2. The molecule has 1 heterocycles. The van der Waals surface area contributed by atoms with Gasteiger partial charge in [0.2, 0.25) is 11.8 Å². The van der Waals surface area contributed by atoms with E-state index in [9.17, 15) is 9.59 Å². The van der Waals surface area contributed by atoms with Crippen molar-refractivity contribution in [3.63, 3.8) is 0 Å². The fourth-order valence-electron chi connectivity index (χ4n) is 2.70. The molecule has 0 spiro atoms. The minimum absolute atomic E-state index is 0.0988. The van der Waals surface area contributed by atoms with Crippen LogP contribution in [0, 0.1) is 5.92 Å². The van der Waals surface area contributed by atoms with Crippen molar-refractivity contribution in [2.24, 2.45) is 5.92 Å². The highest BCUT2D eigenvalue weighted by Gasteiger charge is 2.14. The molecule has 2 amide bonds. The molecule has 1 atom stereocenters. The predicted molar refractivity (Wildman–Crippen MR) is 105 cm³/mol. The Bertz CT molecular complexity index is 892. The summed E-state index contributed by atoms with van der Waals surface area (Å²) in [4.78, 5) is 24.6. The lowest BCUT2D eigenvalue weighted by Crippen LogP contribution is -2.24. The third-order valence-corrected chi connectivity index (χ3v) is 4.09. The fourth-order valence-corrected chi connectivity index (χ4v) is 2.70. The molecular formula is C21H22N4O2. The number of hydrogen-bond donors (Lipinski definition) is 2. The van der Waals surface area contributed by atoms with Gasteiger partial charge < -0.3 is 10.6 Å². The number of nitrogens with one attached hydrogen (secondary N) is 2. The second kappa shape index (κ2) is 8.80. The molecule has 6 heteroatoms. The lowest BCUT2D eigenvalue weighted by atomic mass is 10.1. The van der Waals surface area contributed by atoms with Crippen molar-refractivity contribution in [3.05, 3.63) is 78.6 Å². The van der Waals surface area contributed by atoms with Crippen molar-refractivity contribution in [1.82, 2.24) is 9.78 Å². The van der Waals surface area contributed by atoms with Gasteiger partial charge in [0.25, 0.3) is 0 Å². The van der Waals surface area contributed by atoms with E-state index in [0.29, 0.717) is 24.3 Å². The zero-order valence-corrected chi connectivity index (χ0v) is 15.1. The van der Waals surface area contributed by atoms with Crippen LogP contribution in [0.2, 0.25) is 0 Å². The first-order valence-corrected chi connectivity index (χ1v) is 8.82. The summed E-state index contributed by atoms with van der Waals surface area (Å²) in [6, 6.07) is 18.5. The summed E-state index contributed by atoms with van der Waals surface area (Å²) in [5, 5.41) is 9.87. The van der Waals surface area contributed by atoms with Gasteiger partial charge in [0.15, 0.2) is 0 Å². The highest BCUT2D eigenvalue weighted by molar-refractivity contribution is 5.95. The average Bonchev–Trinajstić information content (AvgIpc) is 3.15. The summed E-state index contributed by atoms with van der Waals surface area (Å²) in [6.45, 7) is 2.36. The largest absolute Gasteiger partial charge is 0.326 e. The third kappa shape index (κ3) is 5.54. The number of carbonyl (C=O) groups excluding carboxylic acids is 2. The minimum Gasteiger partial charge on any atom is -0.326 e. The Kier molecular flexibility index (Phi) is 5.99. The van der Waals surface area contributed by atoms with Gasteiger partial charge in [-0.15, -0.1) is 0 Å². The Hall–Kier alpha value is -3.41. The Labute approximate surface area is 158 Å². The second-order valence-electron chi connectivity index (χ2n) is 6.41.